The minimum absolute atomic E-state index is 0.0609. The zero-order chi connectivity index (χ0) is 28.5. The maximum absolute atomic E-state index is 13.9. The molecule has 3 aliphatic rings. The molecule has 6 atom stereocenters. The molecule has 0 bridgehead atoms. The Morgan fingerprint density at radius 1 is 1.18 bits per heavy atom. The fraction of sp³-hybridized carbons (Fsp3) is 0.621. The molecule has 4 rings (SSSR count). The Morgan fingerprint density at radius 2 is 1.87 bits per heavy atom. The Bertz CT molecular complexity index is 1110. The summed E-state index contributed by atoms with van der Waals surface area (Å²) in [6.07, 6.45) is 0.777. The van der Waals surface area contributed by atoms with E-state index in [0.29, 0.717) is 25.8 Å². The summed E-state index contributed by atoms with van der Waals surface area (Å²) in [6.45, 7) is 10.7. The summed E-state index contributed by atoms with van der Waals surface area (Å²) in [7, 11) is 0. The monoisotopic (exact) mass is 540 g/mol. The van der Waals surface area contributed by atoms with Gasteiger partial charge in [0.05, 0.1) is 6.04 Å². The summed E-state index contributed by atoms with van der Waals surface area (Å²) < 4.78 is 5.37. The summed E-state index contributed by atoms with van der Waals surface area (Å²) in [5, 5.41) is 8.28. The van der Waals surface area contributed by atoms with Crippen molar-refractivity contribution in [2.24, 2.45) is 28.6 Å². The number of fused-ring (bicyclic) bond motifs is 1. The lowest BCUT2D eigenvalue weighted by molar-refractivity contribution is -0.144. The lowest BCUT2D eigenvalue weighted by Crippen LogP contribution is -2.60. The zero-order valence-electron chi connectivity index (χ0n) is 23.4. The van der Waals surface area contributed by atoms with E-state index in [1.807, 2.05) is 51.1 Å². The molecule has 2 heterocycles. The van der Waals surface area contributed by atoms with E-state index in [9.17, 15) is 24.0 Å². The maximum Gasteiger partial charge on any atom is 0.408 e. The number of nitrogens with one attached hydrogen (secondary N) is 3. The van der Waals surface area contributed by atoms with E-state index < -0.39 is 35.5 Å². The molecule has 4 amide bonds. The molecular formula is C29H40N4O6. The van der Waals surface area contributed by atoms with Gasteiger partial charge < -0.3 is 30.4 Å². The van der Waals surface area contributed by atoms with Gasteiger partial charge >= 0.3 is 6.09 Å². The highest BCUT2D eigenvalue weighted by atomic mass is 16.5. The molecule has 10 nitrogen and oxygen atoms in total. The summed E-state index contributed by atoms with van der Waals surface area (Å²) in [5.74, 6) is -1.14. The SMILES string of the molecule is CC(C)(C)[C@H](NC(=O)OCc1ccccc1)C(=O)N1C[C@H]2[C@@H]([C@H]1C(=O)NC(C=O)C[C@@H]1CCNC1=O)C2(C)C. The quantitative estimate of drug-likeness (QED) is 0.411. The summed E-state index contributed by atoms with van der Waals surface area (Å²) in [6, 6.07) is 6.72. The van der Waals surface area contributed by atoms with Crippen molar-refractivity contribution in [1.29, 1.82) is 0 Å². The molecule has 10 heteroatoms. The number of alkyl carbamates (subject to hydrolysis) is 1. The standard InChI is InChI=1S/C29H40N4O6/c1-28(2,3)23(32-27(38)39-16-17-9-7-6-8-10-17)26(37)33-14-20-21(29(20,4)5)22(33)25(36)31-19(15-34)13-18-11-12-30-24(18)35/h6-10,15,18-23H,11-14,16H2,1-5H3,(H,30,35)(H,31,36)(H,32,38)/t18-,19?,20-,21-,22-,23+/m0/s1. The predicted molar refractivity (Wildman–Crippen MR) is 143 cm³/mol. The molecule has 3 N–H and O–H groups in total. The Kier molecular flexibility index (Phi) is 8.04. The number of carbonyl (C=O) groups is 5. The van der Waals surface area contributed by atoms with Crippen LogP contribution in [0.4, 0.5) is 4.79 Å². The van der Waals surface area contributed by atoms with Crippen LogP contribution < -0.4 is 16.0 Å². The first kappa shape index (κ1) is 28.6. The van der Waals surface area contributed by atoms with E-state index >= 15 is 0 Å². The highest BCUT2D eigenvalue weighted by molar-refractivity contribution is 5.94. The van der Waals surface area contributed by atoms with Crippen molar-refractivity contribution < 1.29 is 28.7 Å². The van der Waals surface area contributed by atoms with E-state index in [0.717, 1.165) is 5.56 Å². The van der Waals surface area contributed by atoms with E-state index in [1.54, 1.807) is 4.90 Å². The molecule has 3 fully saturated rings. The first-order valence-corrected chi connectivity index (χ1v) is 13.7. The zero-order valence-corrected chi connectivity index (χ0v) is 23.4. The van der Waals surface area contributed by atoms with Gasteiger partial charge in [-0.1, -0.05) is 65.0 Å². The van der Waals surface area contributed by atoms with Crippen LogP contribution in [0.2, 0.25) is 0 Å². The van der Waals surface area contributed by atoms with Crippen LogP contribution in [0.5, 0.6) is 0 Å². The molecule has 39 heavy (non-hydrogen) atoms. The molecule has 1 saturated carbocycles. The van der Waals surface area contributed by atoms with Crippen LogP contribution in [0.3, 0.4) is 0 Å². The predicted octanol–water partition coefficient (Wildman–Crippen LogP) is 2.02. The number of aldehydes is 1. The second-order valence-electron chi connectivity index (χ2n) is 12.7. The first-order chi connectivity index (χ1) is 18.3. The Balaban J connectivity index is 1.46. The average Bonchev–Trinajstić information content (AvgIpc) is 3.23. The van der Waals surface area contributed by atoms with E-state index in [1.165, 1.54) is 0 Å². The number of benzene rings is 1. The van der Waals surface area contributed by atoms with Crippen molar-refractivity contribution in [3.8, 4) is 0 Å². The topological polar surface area (TPSA) is 134 Å². The molecule has 1 aliphatic carbocycles. The molecule has 2 aliphatic heterocycles. The fourth-order valence-electron chi connectivity index (χ4n) is 6.10. The van der Waals surface area contributed by atoms with E-state index in [4.69, 9.17) is 4.74 Å². The normalized spacial score (nSPS) is 26.6. The van der Waals surface area contributed by atoms with Gasteiger partial charge in [-0.3, -0.25) is 14.4 Å². The van der Waals surface area contributed by atoms with Crippen LogP contribution in [0.25, 0.3) is 0 Å². The van der Waals surface area contributed by atoms with Crippen molar-refractivity contribution in [2.45, 2.75) is 72.2 Å². The molecule has 1 unspecified atom stereocenters. The molecule has 212 valence electrons. The highest BCUT2D eigenvalue weighted by Gasteiger charge is 2.69. The number of likely N-dealkylation sites (tertiary alicyclic amines) is 1. The maximum atomic E-state index is 13.9. The molecule has 1 aromatic carbocycles. The van der Waals surface area contributed by atoms with Gasteiger partial charge in [0.15, 0.2) is 0 Å². The van der Waals surface area contributed by atoms with Crippen molar-refractivity contribution >= 4 is 30.1 Å². The third kappa shape index (κ3) is 6.09. The molecule has 2 saturated heterocycles. The first-order valence-electron chi connectivity index (χ1n) is 13.7. The van der Waals surface area contributed by atoms with Crippen LogP contribution in [0.1, 0.15) is 53.0 Å². The number of carbonyl (C=O) groups excluding carboxylic acids is 5. The summed E-state index contributed by atoms with van der Waals surface area (Å²) in [4.78, 5) is 65.6. The van der Waals surface area contributed by atoms with Crippen LogP contribution >= 0.6 is 0 Å². The van der Waals surface area contributed by atoms with Crippen LogP contribution in [-0.4, -0.2) is 66.2 Å². The van der Waals surface area contributed by atoms with E-state index in [2.05, 4.69) is 29.8 Å². The molecular weight excluding hydrogens is 500 g/mol. The third-order valence-corrected chi connectivity index (χ3v) is 8.54. The number of piperidine rings is 1. The second kappa shape index (κ2) is 11.0. The molecule has 1 aromatic rings. The van der Waals surface area contributed by atoms with Crippen molar-refractivity contribution in [3.63, 3.8) is 0 Å². The fourth-order valence-corrected chi connectivity index (χ4v) is 6.10. The number of amides is 4. The molecule has 0 aromatic heterocycles. The largest absolute Gasteiger partial charge is 0.445 e. The van der Waals surface area contributed by atoms with E-state index in [-0.39, 0.29) is 48.0 Å². The van der Waals surface area contributed by atoms with Gasteiger partial charge in [-0.15, -0.1) is 0 Å². The third-order valence-electron chi connectivity index (χ3n) is 8.54. The van der Waals surface area contributed by atoms with Crippen molar-refractivity contribution in [2.75, 3.05) is 13.1 Å². The number of rotatable bonds is 9. The van der Waals surface area contributed by atoms with Gasteiger partial charge in [-0.25, -0.2) is 4.79 Å². The Morgan fingerprint density at radius 3 is 2.46 bits per heavy atom. The van der Waals surface area contributed by atoms with Gasteiger partial charge in [0.1, 0.15) is 25.0 Å². The van der Waals surface area contributed by atoms with Gasteiger partial charge in [-0.2, -0.15) is 0 Å². The summed E-state index contributed by atoms with van der Waals surface area (Å²) in [5.41, 5.74) is 0.0395. The lowest BCUT2D eigenvalue weighted by Gasteiger charge is -2.37. The number of ether oxygens (including phenoxy) is 1. The van der Waals surface area contributed by atoms with Crippen LogP contribution in [0.15, 0.2) is 30.3 Å². The minimum atomic E-state index is -0.930. The highest BCUT2D eigenvalue weighted by Crippen LogP contribution is 2.65. The smallest absolute Gasteiger partial charge is 0.408 e. The van der Waals surface area contributed by atoms with Crippen molar-refractivity contribution in [1.82, 2.24) is 20.9 Å². The van der Waals surface area contributed by atoms with Crippen LogP contribution in [0, 0.1) is 28.6 Å². The lowest BCUT2D eigenvalue weighted by atomic mass is 9.85. The van der Waals surface area contributed by atoms with Crippen LogP contribution in [-0.2, 0) is 30.5 Å². The number of hydrogen-bond donors (Lipinski definition) is 3. The molecule has 0 spiro atoms. The Labute approximate surface area is 229 Å². The summed E-state index contributed by atoms with van der Waals surface area (Å²) >= 11 is 0. The van der Waals surface area contributed by atoms with Gasteiger partial charge in [0.25, 0.3) is 0 Å². The van der Waals surface area contributed by atoms with Crippen molar-refractivity contribution in [3.05, 3.63) is 35.9 Å². The molecule has 0 radical (unpaired) electrons. The van der Waals surface area contributed by atoms with Gasteiger partial charge in [-0.05, 0) is 41.1 Å². The average molecular weight is 541 g/mol. The number of nitrogens with zero attached hydrogens (tertiary/aromatic N) is 1. The number of hydrogen-bond acceptors (Lipinski definition) is 6. The Hall–Kier alpha value is -3.43. The second-order valence-corrected chi connectivity index (χ2v) is 12.7. The van der Waals surface area contributed by atoms with Gasteiger partial charge in [0, 0.05) is 19.0 Å². The minimum Gasteiger partial charge on any atom is -0.445 e. The van der Waals surface area contributed by atoms with Gasteiger partial charge in [0.2, 0.25) is 17.7 Å².